The Bertz CT molecular complexity index is 2330. The molecule has 18 nitrogen and oxygen atoms in total. The molecule has 7 rings (SSSR count). The average Bonchev–Trinajstić information content (AvgIpc) is 1.89. The van der Waals surface area contributed by atoms with E-state index < -0.39 is 148 Å². The highest BCUT2D eigenvalue weighted by molar-refractivity contribution is 6.01. The Hall–Kier alpha value is -2.57. The number of ether oxygens (including phenoxy) is 6. The minimum absolute atomic E-state index is 0.00907. The number of nitrogens with zero attached hydrogens (tertiary/aromatic N) is 2. The van der Waals surface area contributed by atoms with Gasteiger partial charge >= 0.3 is 5.97 Å². The molecule has 3 saturated heterocycles. The largest absolute Gasteiger partial charge is 0.459 e. The number of esters is 1. The maximum atomic E-state index is 17.9. The van der Waals surface area contributed by atoms with Crippen LogP contribution in [0.25, 0.3) is 0 Å². The van der Waals surface area contributed by atoms with Crippen LogP contribution in [0.4, 0.5) is 8.78 Å². The van der Waals surface area contributed by atoms with Crippen molar-refractivity contribution in [3.05, 3.63) is 23.8 Å². The number of methoxy groups -OCH3 is 1. The summed E-state index contributed by atoms with van der Waals surface area (Å²) in [6.07, 6.45) is -7.02. The van der Waals surface area contributed by atoms with Crippen molar-refractivity contribution < 1.29 is 82.2 Å². The smallest absolute Gasteiger partial charge is 0.311 e. The number of likely N-dealkylation sites (N-methyl/N-ethyl adjacent to an activating group) is 1. The zero-order valence-corrected chi connectivity index (χ0v) is 51.9. The normalized spacial score (nSPS) is 49.9. The van der Waals surface area contributed by atoms with Gasteiger partial charge in [-0.3, -0.25) is 19.3 Å². The fourth-order valence-corrected chi connectivity index (χ4v) is 16.5. The van der Waals surface area contributed by atoms with Crippen LogP contribution < -0.4 is 5.32 Å². The van der Waals surface area contributed by atoms with Gasteiger partial charge in [-0.15, -0.1) is 0 Å². The van der Waals surface area contributed by atoms with Gasteiger partial charge in [0.1, 0.15) is 30.1 Å². The molecule has 0 spiro atoms. The quantitative estimate of drug-likeness (QED) is 0.0890. The van der Waals surface area contributed by atoms with E-state index in [1.165, 1.54) is 26.0 Å². The number of cyclic esters (lactones) is 1. The molecule has 82 heavy (non-hydrogen) atoms. The Labute approximate surface area is 486 Å². The molecular weight excluding hydrogens is 1060 g/mol. The highest BCUT2D eigenvalue weighted by Crippen LogP contribution is 2.71. The molecule has 7 aliphatic rings. The molecule has 6 fully saturated rings. The second-order valence-electron chi connectivity index (χ2n) is 27.4. The van der Waals surface area contributed by atoms with Crippen molar-refractivity contribution in [1.29, 1.82) is 0 Å². The summed E-state index contributed by atoms with van der Waals surface area (Å²) in [6.45, 7) is 23.5. The van der Waals surface area contributed by atoms with E-state index in [9.17, 15) is 45.0 Å². The molecule has 0 aromatic carbocycles. The van der Waals surface area contributed by atoms with Crippen LogP contribution in [0, 0.1) is 46.3 Å². The molecule has 3 aliphatic heterocycles. The molecule has 1 amide bonds. The number of carbonyl (C=O) groups is 3. The summed E-state index contributed by atoms with van der Waals surface area (Å²) >= 11 is 0. The van der Waals surface area contributed by atoms with Crippen LogP contribution in [-0.2, 0) is 42.8 Å². The van der Waals surface area contributed by atoms with Crippen molar-refractivity contribution in [1.82, 2.24) is 15.1 Å². The van der Waals surface area contributed by atoms with Crippen LogP contribution >= 0.6 is 0 Å². The highest BCUT2D eigenvalue weighted by atomic mass is 19.1. The van der Waals surface area contributed by atoms with Crippen LogP contribution in [0.15, 0.2) is 23.8 Å². The Balaban J connectivity index is 1.16. The third kappa shape index (κ3) is 11.6. The third-order valence-electron chi connectivity index (χ3n) is 22.4. The standard InChI is InChI=1S/C62H103F2N3O15/c1-17-47-59(13,74)51(71)38(8)67(26-20-24-65-55(73)62(76)33(3)27-41-42-30-44(63)43-29-40(68)21-23-56(43,10)61(42,64)46(69)31-57(41,62)11)25-19-22-60(75,18-2)52(82-54-49(70)45(66(14)15)28-34(4)78-54)35(5)50(36(6)53(72)80-47)81-48-32-58(12,77-16)37(7)39(9)79-48/h21,23,29,33-39,41-42,44-52,54,69-71,74-76H,17-20,22,24-28,30-32H2,1-16H3,(H,65,73)/t33-,34?,35+,36-,37-,38-,39?,41?,42?,44+,45-,46+,47-,48-,49-,50+,51-,52-,54?,56+,57+,58+,59-,60-,61+,62+/m1/s1. The van der Waals surface area contributed by atoms with Crippen LogP contribution in [0.5, 0.6) is 0 Å². The van der Waals surface area contributed by atoms with Gasteiger partial charge in [0.2, 0.25) is 0 Å². The SMILES string of the molecule is CC[C@H]1OC(=O)[C@H](C)[C@@H](O[C@@H]2C[C@](C)(OC)[C@H](C)C(C)O2)[C@H](C)[C@@H](OC2OC(C)C[C@@H](N(C)C)[C@H]2O)[C@@](O)(CC)CCCN(CCCNC(=O)[C@@]2(O)[C@H](C)CC3C4C[C@H](F)C5=CC(=O)C=C[C@]5(C)[C@@]4(F)[C@@H](O)C[C@@]32C)[C@H](C)[C@@H](O)[C@]1(C)O. The molecule has 20 heteroatoms. The minimum atomic E-state index is -2.38. The van der Waals surface area contributed by atoms with Gasteiger partial charge in [0.15, 0.2) is 29.6 Å². The first-order valence-electron chi connectivity index (χ1n) is 30.6. The topological polar surface area (TPSA) is 246 Å². The zero-order valence-electron chi connectivity index (χ0n) is 51.9. The number of halogens is 2. The van der Waals surface area contributed by atoms with E-state index in [0.717, 1.165) is 6.08 Å². The minimum Gasteiger partial charge on any atom is -0.459 e. The number of aliphatic hydroxyl groups is 6. The lowest BCUT2D eigenvalue weighted by Gasteiger charge is -2.63. The number of alkyl halides is 2. The molecule has 0 aromatic rings. The summed E-state index contributed by atoms with van der Waals surface area (Å²) in [5.41, 5.74) is -11.8. The van der Waals surface area contributed by atoms with E-state index in [4.69, 9.17) is 28.4 Å². The van der Waals surface area contributed by atoms with Gasteiger partial charge in [-0.25, -0.2) is 8.78 Å². The maximum Gasteiger partial charge on any atom is 0.311 e. The van der Waals surface area contributed by atoms with Crippen molar-refractivity contribution in [3.63, 3.8) is 0 Å². The van der Waals surface area contributed by atoms with Gasteiger partial charge < -0.3 is 69.3 Å². The van der Waals surface area contributed by atoms with Gasteiger partial charge in [-0.1, -0.05) is 47.6 Å². The maximum absolute atomic E-state index is 17.9. The number of carbonyl (C=O) groups excluding carboxylic acids is 3. The average molecular weight is 1170 g/mol. The predicted octanol–water partition coefficient (Wildman–Crippen LogP) is 5.49. The summed E-state index contributed by atoms with van der Waals surface area (Å²) < 4.78 is 73.1. The second-order valence-corrected chi connectivity index (χ2v) is 27.4. The number of amides is 1. The van der Waals surface area contributed by atoms with E-state index in [2.05, 4.69) is 5.32 Å². The number of fused-ring (bicyclic) bond motifs is 5. The molecule has 3 saturated carbocycles. The number of hydrogen-bond acceptors (Lipinski definition) is 17. The zero-order chi connectivity index (χ0) is 61.2. The number of rotatable bonds is 13. The molecule has 0 aromatic heterocycles. The Morgan fingerprint density at radius 2 is 1.60 bits per heavy atom. The molecular formula is C62H103F2N3O15. The first-order chi connectivity index (χ1) is 38.1. The van der Waals surface area contributed by atoms with Crippen LogP contribution in [0.1, 0.15) is 154 Å². The molecule has 7 N–H and O–H groups in total. The number of allylic oxidation sites excluding steroid dienone is 4. The highest BCUT2D eigenvalue weighted by Gasteiger charge is 2.77. The van der Waals surface area contributed by atoms with Gasteiger partial charge in [-0.05, 0) is 156 Å². The Kier molecular flexibility index (Phi) is 20.3. The van der Waals surface area contributed by atoms with Crippen LogP contribution in [0.3, 0.4) is 0 Å². The van der Waals surface area contributed by atoms with E-state index in [-0.39, 0.29) is 94.3 Å². The Morgan fingerprint density at radius 3 is 2.22 bits per heavy atom. The van der Waals surface area contributed by atoms with Gasteiger partial charge in [0.05, 0.1) is 47.6 Å². The van der Waals surface area contributed by atoms with Crippen molar-refractivity contribution in [2.45, 2.75) is 262 Å². The lowest BCUT2D eigenvalue weighted by Crippen LogP contribution is -2.71. The van der Waals surface area contributed by atoms with Crippen molar-refractivity contribution in [2.24, 2.45) is 46.3 Å². The molecule has 470 valence electrons. The summed E-state index contributed by atoms with van der Waals surface area (Å²) in [7, 11) is 5.38. The van der Waals surface area contributed by atoms with E-state index in [0.29, 0.717) is 19.3 Å². The summed E-state index contributed by atoms with van der Waals surface area (Å²) in [4.78, 5) is 45.6. The number of aliphatic hydroxyl groups excluding tert-OH is 3. The van der Waals surface area contributed by atoms with E-state index in [1.54, 1.807) is 41.7 Å². The van der Waals surface area contributed by atoms with Gasteiger partial charge in [0, 0.05) is 67.3 Å². The van der Waals surface area contributed by atoms with E-state index >= 15 is 8.78 Å². The lowest BCUT2D eigenvalue weighted by molar-refractivity contribution is -0.314. The van der Waals surface area contributed by atoms with Crippen LogP contribution in [-0.4, -0.2) is 207 Å². The molecule has 3 heterocycles. The van der Waals surface area contributed by atoms with Crippen molar-refractivity contribution in [2.75, 3.05) is 40.8 Å². The second kappa shape index (κ2) is 24.9. The summed E-state index contributed by atoms with van der Waals surface area (Å²) in [5, 5.41) is 77.3. The molecule has 4 aliphatic carbocycles. The van der Waals surface area contributed by atoms with Crippen molar-refractivity contribution >= 4 is 17.7 Å². The monoisotopic (exact) mass is 1170 g/mol. The first-order valence-corrected chi connectivity index (χ1v) is 30.6. The van der Waals surface area contributed by atoms with Crippen LogP contribution in [0.2, 0.25) is 0 Å². The lowest BCUT2D eigenvalue weighted by atomic mass is 9.44. The number of ketones is 1. The van der Waals surface area contributed by atoms with Gasteiger partial charge in [0.25, 0.3) is 5.91 Å². The molecule has 5 unspecified atom stereocenters. The predicted molar refractivity (Wildman–Crippen MR) is 302 cm³/mol. The number of hydrogen-bond donors (Lipinski definition) is 7. The summed E-state index contributed by atoms with van der Waals surface area (Å²) in [5.74, 6) is -6.28. The fourth-order valence-electron chi connectivity index (χ4n) is 16.5. The van der Waals surface area contributed by atoms with Gasteiger partial charge in [-0.2, -0.15) is 0 Å². The Morgan fingerprint density at radius 1 is 0.927 bits per heavy atom. The third-order valence-corrected chi connectivity index (χ3v) is 22.4. The molecule has 0 bridgehead atoms. The number of nitrogens with one attached hydrogen (secondary N) is 1. The van der Waals surface area contributed by atoms with E-state index in [1.807, 2.05) is 65.4 Å². The fraction of sp³-hybridized carbons (Fsp3) is 0.887. The molecule has 0 radical (unpaired) electrons. The van der Waals surface area contributed by atoms with Crippen molar-refractivity contribution in [3.8, 4) is 0 Å². The first kappa shape index (κ1) is 66.9. The summed E-state index contributed by atoms with van der Waals surface area (Å²) in [6, 6.07) is -1.15. The molecule has 26 atom stereocenters.